The van der Waals surface area contributed by atoms with E-state index in [1.807, 2.05) is 0 Å². The highest BCUT2D eigenvalue weighted by molar-refractivity contribution is 6.30. The van der Waals surface area contributed by atoms with Gasteiger partial charge in [0, 0.05) is 35.1 Å². The number of fused-ring (bicyclic) bond motifs is 4. The van der Waals surface area contributed by atoms with Crippen molar-refractivity contribution in [1.29, 1.82) is 5.26 Å². The van der Waals surface area contributed by atoms with Gasteiger partial charge in [0.05, 0.1) is 24.1 Å². The third-order valence-electron chi connectivity index (χ3n) is 6.44. The van der Waals surface area contributed by atoms with Gasteiger partial charge in [-0.15, -0.1) is 0 Å². The first kappa shape index (κ1) is 23.3. The van der Waals surface area contributed by atoms with E-state index in [2.05, 4.69) is 11.4 Å². The molecule has 0 atom stereocenters. The van der Waals surface area contributed by atoms with E-state index < -0.39 is 28.9 Å². The first-order valence-electron chi connectivity index (χ1n) is 10.8. The summed E-state index contributed by atoms with van der Waals surface area (Å²) < 4.78 is 53.1. The number of benzene rings is 2. The average Bonchev–Trinajstić information content (AvgIpc) is 3.24. The van der Waals surface area contributed by atoms with Crippen LogP contribution in [0.5, 0.6) is 11.5 Å². The lowest BCUT2D eigenvalue weighted by Gasteiger charge is -2.43. The Labute approximate surface area is 203 Å². The van der Waals surface area contributed by atoms with Crippen molar-refractivity contribution in [2.45, 2.75) is 24.6 Å². The van der Waals surface area contributed by atoms with Gasteiger partial charge in [-0.1, -0.05) is 17.7 Å². The van der Waals surface area contributed by atoms with Gasteiger partial charge in [-0.25, -0.2) is 0 Å². The second-order valence-corrected chi connectivity index (χ2v) is 8.88. The van der Waals surface area contributed by atoms with Crippen LogP contribution in [0.4, 0.5) is 13.2 Å². The van der Waals surface area contributed by atoms with E-state index in [1.165, 1.54) is 6.07 Å². The molecular formula is C25H19ClF3N3O3. The van der Waals surface area contributed by atoms with Gasteiger partial charge >= 0.3 is 6.18 Å². The molecule has 2 aromatic carbocycles. The van der Waals surface area contributed by atoms with Gasteiger partial charge in [-0.2, -0.15) is 18.4 Å². The van der Waals surface area contributed by atoms with Crippen molar-refractivity contribution < 1.29 is 27.4 Å². The van der Waals surface area contributed by atoms with Crippen LogP contribution in [0.15, 0.2) is 42.5 Å². The zero-order valence-electron chi connectivity index (χ0n) is 18.5. The third kappa shape index (κ3) is 3.74. The van der Waals surface area contributed by atoms with E-state index in [0.717, 1.165) is 25.3 Å². The Balaban J connectivity index is 1.72. The molecule has 1 aromatic heterocycles. The van der Waals surface area contributed by atoms with Crippen LogP contribution < -0.4 is 14.8 Å². The average molecular weight is 502 g/mol. The van der Waals surface area contributed by atoms with Gasteiger partial charge in [0.25, 0.3) is 0 Å². The SMILES string of the molecule is COc1cc(C(=O)c2cc(C#N)n3c2C2(CCNCC2)Oc2cc(Cl)ccc2-3)ccc1C(F)(F)F. The number of nitrogens with one attached hydrogen (secondary N) is 1. The number of carbonyl (C=O) groups is 1. The highest BCUT2D eigenvalue weighted by atomic mass is 35.5. The Hall–Kier alpha value is -3.48. The fourth-order valence-corrected chi connectivity index (χ4v) is 5.03. The maximum Gasteiger partial charge on any atom is 0.419 e. The summed E-state index contributed by atoms with van der Waals surface area (Å²) >= 11 is 6.20. The van der Waals surface area contributed by atoms with Crippen LogP contribution in [-0.2, 0) is 11.8 Å². The molecule has 0 amide bonds. The molecule has 2 aliphatic rings. The molecule has 35 heavy (non-hydrogen) atoms. The van der Waals surface area contributed by atoms with E-state index in [-0.39, 0.29) is 16.8 Å². The minimum absolute atomic E-state index is 0.0127. The van der Waals surface area contributed by atoms with Crippen LogP contribution in [0.3, 0.4) is 0 Å². The smallest absolute Gasteiger partial charge is 0.419 e. The summed E-state index contributed by atoms with van der Waals surface area (Å²) in [4.78, 5) is 13.7. The van der Waals surface area contributed by atoms with Gasteiger partial charge in [0.1, 0.15) is 23.3 Å². The summed E-state index contributed by atoms with van der Waals surface area (Å²) in [5.41, 5.74) is -0.393. The molecule has 0 bridgehead atoms. The number of halogens is 4. The second-order valence-electron chi connectivity index (χ2n) is 8.44. The fraction of sp³-hybridized carbons (Fsp3) is 0.280. The van der Waals surface area contributed by atoms with E-state index in [0.29, 0.717) is 48.1 Å². The van der Waals surface area contributed by atoms with E-state index in [9.17, 15) is 23.2 Å². The number of ketones is 1. The summed E-state index contributed by atoms with van der Waals surface area (Å²) in [6.07, 6.45) is -3.59. The Morgan fingerprint density at radius 1 is 1.20 bits per heavy atom. The second kappa shape index (κ2) is 8.33. The largest absolute Gasteiger partial charge is 0.496 e. The summed E-state index contributed by atoms with van der Waals surface area (Å²) in [5.74, 6) is -0.486. The van der Waals surface area contributed by atoms with Gasteiger partial charge in [0.2, 0.25) is 0 Å². The first-order chi connectivity index (χ1) is 16.7. The highest BCUT2D eigenvalue weighted by Crippen LogP contribution is 2.48. The molecule has 0 saturated carbocycles. The van der Waals surface area contributed by atoms with Crippen LogP contribution in [0.25, 0.3) is 5.69 Å². The Kier molecular flexibility index (Phi) is 5.54. The van der Waals surface area contributed by atoms with Gasteiger partial charge in [0.15, 0.2) is 11.4 Å². The van der Waals surface area contributed by atoms with Crippen molar-refractivity contribution >= 4 is 17.4 Å². The molecule has 0 radical (unpaired) electrons. The molecular weight excluding hydrogens is 483 g/mol. The van der Waals surface area contributed by atoms with Crippen molar-refractivity contribution in [1.82, 2.24) is 9.88 Å². The van der Waals surface area contributed by atoms with Crippen LogP contribution in [-0.4, -0.2) is 30.5 Å². The third-order valence-corrected chi connectivity index (χ3v) is 6.67. The van der Waals surface area contributed by atoms with Crippen LogP contribution in [0, 0.1) is 11.3 Å². The minimum Gasteiger partial charge on any atom is -0.496 e. The predicted molar refractivity (Wildman–Crippen MR) is 121 cm³/mol. The Morgan fingerprint density at radius 2 is 1.94 bits per heavy atom. The summed E-state index contributed by atoms with van der Waals surface area (Å²) in [6.45, 7) is 1.23. The number of aromatic nitrogens is 1. The zero-order chi connectivity index (χ0) is 25.0. The van der Waals surface area contributed by atoms with E-state index >= 15 is 0 Å². The lowest BCUT2D eigenvalue weighted by molar-refractivity contribution is -0.138. The normalized spacial score (nSPS) is 16.1. The zero-order valence-corrected chi connectivity index (χ0v) is 19.3. The Bertz CT molecular complexity index is 1390. The summed E-state index contributed by atoms with van der Waals surface area (Å²) in [7, 11) is 1.12. The Morgan fingerprint density at radius 3 is 2.60 bits per heavy atom. The number of hydrogen-bond donors (Lipinski definition) is 1. The monoisotopic (exact) mass is 501 g/mol. The van der Waals surface area contributed by atoms with Gasteiger partial charge in [-0.05, 0) is 43.4 Å². The molecule has 0 aliphatic carbocycles. The van der Waals surface area contributed by atoms with Gasteiger partial charge in [-0.3, -0.25) is 9.36 Å². The molecule has 180 valence electrons. The number of hydrogen-bond acceptors (Lipinski definition) is 5. The highest BCUT2D eigenvalue weighted by Gasteiger charge is 2.46. The topological polar surface area (TPSA) is 76.3 Å². The molecule has 5 rings (SSSR count). The quantitative estimate of drug-likeness (QED) is 0.497. The number of piperidine rings is 1. The number of alkyl halides is 3. The molecule has 10 heteroatoms. The van der Waals surface area contributed by atoms with Crippen molar-refractivity contribution in [2.24, 2.45) is 0 Å². The standard InChI is InChI=1S/C25H19ClF3N3O3/c1-34-20-10-14(2-4-18(20)25(27,28)29)22(33)17-12-16(13-30)32-19-5-3-15(26)11-21(19)35-24(23(17)32)6-8-31-9-7-24/h2-5,10-12,31H,6-9H2,1H3. The minimum atomic E-state index is -4.63. The fourth-order valence-electron chi connectivity index (χ4n) is 4.87. The molecule has 6 nitrogen and oxygen atoms in total. The number of ether oxygens (including phenoxy) is 2. The number of rotatable bonds is 3. The van der Waals surface area contributed by atoms with Crippen LogP contribution in [0.1, 0.15) is 45.7 Å². The maximum absolute atomic E-state index is 13.7. The lowest BCUT2D eigenvalue weighted by Crippen LogP contribution is -2.47. The maximum atomic E-state index is 13.7. The molecule has 0 unspecified atom stereocenters. The first-order valence-corrected chi connectivity index (χ1v) is 11.2. The summed E-state index contributed by atoms with van der Waals surface area (Å²) in [6, 6.07) is 11.7. The van der Waals surface area contributed by atoms with Crippen molar-refractivity contribution in [3.05, 3.63) is 75.6 Å². The van der Waals surface area contributed by atoms with Crippen molar-refractivity contribution in [2.75, 3.05) is 20.2 Å². The van der Waals surface area contributed by atoms with Crippen LogP contribution >= 0.6 is 11.6 Å². The van der Waals surface area contributed by atoms with E-state index in [1.54, 1.807) is 22.8 Å². The molecule has 2 aliphatic heterocycles. The predicted octanol–water partition coefficient (Wildman–Crippen LogP) is 5.23. The summed E-state index contributed by atoms with van der Waals surface area (Å²) in [5, 5.41) is 13.7. The van der Waals surface area contributed by atoms with Crippen molar-refractivity contribution in [3.63, 3.8) is 0 Å². The number of methoxy groups -OCH3 is 1. The lowest BCUT2D eigenvalue weighted by atomic mass is 9.83. The molecule has 1 N–H and O–H groups in total. The molecule has 1 fully saturated rings. The number of carbonyl (C=O) groups excluding carboxylic acids is 1. The van der Waals surface area contributed by atoms with Gasteiger partial charge < -0.3 is 14.8 Å². The van der Waals surface area contributed by atoms with E-state index in [4.69, 9.17) is 21.1 Å². The molecule has 3 heterocycles. The van der Waals surface area contributed by atoms with Crippen LogP contribution in [0.2, 0.25) is 5.02 Å². The number of nitrogens with zero attached hydrogens (tertiary/aromatic N) is 2. The van der Waals surface area contributed by atoms with Crippen molar-refractivity contribution in [3.8, 4) is 23.3 Å². The number of nitriles is 1. The molecule has 1 spiro atoms. The molecule has 3 aromatic rings. The molecule has 1 saturated heterocycles.